The predicted molar refractivity (Wildman–Crippen MR) is 52.9 cm³/mol. The maximum Gasteiger partial charge on any atom is 0.303 e. The molecule has 15 heavy (non-hydrogen) atoms. The van der Waals surface area contributed by atoms with Gasteiger partial charge in [0.25, 0.3) is 0 Å². The second-order valence-electron chi connectivity index (χ2n) is 3.19. The Bertz CT molecular complexity index is 416. The number of rotatable bonds is 4. The number of aliphatic carboxylic acids is 1. The first-order valence-corrected chi connectivity index (χ1v) is 4.49. The molecule has 3 N–H and O–H groups in total. The second-order valence-corrected chi connectivity index (χ2v) is 3.19. The number of hydrogen-bond acceptors (Lipinski definition) is 4. The average molecular weight is 208 g/mol. The number of hydrogen-bond donors (Lipinski definition) is 2. The quantitative estimate of drug-likeness (QED) is 0.739. The fourth-order valence-electron chi connectivity index (χ4n) is 1.30. The number of nitrogens with zero attached hydrogens (tertiary/aromatic N) is 3. The lowest BCUT2D eigenvalue weighted by atomic mass is 10.1. The molecule has 1 aromatic heterocycles. The van der Waals surface area contributed by atoms with E-state index < -0.39 is 5.97 Å². The summed E-state index contributed by atoms with van der Waals surface area (Å²) in [5.74, 6) is -0.528. The van der Waals surface area contributed by atoms with E-state index in [4.69, 9.17) is 16.1 Å². The van der Waals surface area contributed by atoms with Crippen molar-refractivity contribution in [3.63, 3.8) is 0 Å². The van der Waals surface area contributed by atoms with Gasteiger partial charge in [0.05, 0.1) is 5.69 Å². The van der Waals surface area contributed by atoms with Crippen molar-refractivity contribution in [3.8, 4) is 6.07 Å². The monoisotopic (exact) mass is 208 g/mol. The topological polar surface area (TPSA) is 105 Å². The molecular formula is C9H12N4O2. The summed E-state index contributed by atoms with van der Waals surface area (Å²) in [5.41, 5.74) is 6.53. The van der Waals surface area contributed by atoms with Gasteiger partial charge in [0, 0.05) is 13.5 Å². The van der Waals surface area contributed by atoms with Gasteiger partial charge in [-0.1, -0.05) is 0 Å². The lowest BCUT2D eigenvalue weighted by Gasteiger charge is -1.94. The number of carbonyl (C=O) groups is 1. The standard InChI is InChI=1S/C9H12N4O2/c1-13-9(11)6(5-10)7(12-13)3-2-4-8(14)15/h2-4,11H2,1H3,(H,14,15). The molecule has 0 radical (unpaired) electrons. The van der Waals surface area contributed by atoms with E-state index in [0.29, 0.717) is 29.9 Å². The number of carboxylic acids is 1. The molecule has 0 saturated heterocycles. The molecule has 1 heterocycles. The molecule has 6 nitrogen and oxygen atoms in total. The van der Waals surface area contributed by atoms with E-state index in [-0.39, 0.29) is 6.42 Å². The Morgan fingerprint density at radius 3 is 2.93 bits per heavy atom. The molecule has 1 rings (SSSR count). The van der Waals surface area contributed by atoms with Crippen molar-refractivity contribution in [2.24, 2.45) is 7.05 Å². The van der Waals surface area contributed by atoms with Crippen molar-refractivity contribution >= 4 is 11.8 Å². The summed E-state index contributed by atoms with van der Waals surface area (Å²) in [5, 5.41) is 21.3. The molecule has 1 aromatic rings. The number of nitrogen functional groups attached to an aromatic ring is 1. The zero-order valence-electron chi connectivity index (χ0n) is 8.40. The van der Waals surface area contributed by atoms with Gasteiger partial charge in [-0.3, -0.25) is 9.48 Å². The zero-order chi connectivity index (χ0) is 11.4. The van der Waals surface area contributed by atoms with Crippen LogP contribution in [0.2, 0.25) is 0 Å². The lowest BCUT2D eigenvalue weighted by Crippen LogP contribution is -1.98. The van der Waals surface area contributed by atoms with E-state index in [9.17, 15) is 4.79 Å². The van der Waals surface area contributed by atoms with E-state index in [1.807, 2.05) is 6.07 Å². The highest BCUT2D eigenvalue weighted by Crippen LogP contribution is 2.16. The van der Waals surface area contributed by atoms with Crippen molar-refractivity contribution in [2.75, 3.05) is 5.73 Å². The third-order valence-electron chi connectivity index (χ3n) is 2.08. The summed E-state index contributed by atoms with van der Waals surface area (Å²) in [7, 11) is 1.65. The Kier molecular flexibility index (Phi) is 3.29. The fourth-order valence-corrected chi connectivity index (χ4v) is 1.30. The van der Waals surface area contributed by atoms with E-state index in [0.717, 1.165) is 0 Å². The molecule has 0 amide bonds. The Morgan fingerprint density at radius 1 is 1.73 bits per heavy atom. The summed E-state index contributed by atoms with van der Waals surface area (Å²) in [6, 6.07) is 1.97. The summed E-state index contributed by atoms with van der Waals surface area (Å²) in [6.45, 7) is 0. The van der Waals surface area contributed by atoms with Crippen LogP contribution in [0, 0.1) is 11.3 Å². The fraction of sp³-hybridized carbons (Fsp3) is 0.444. The molecule has 0 atom stereocenters. The highest BCUT2D eigenvalue weighted by atomic mass is 16.4. The molecule has 0 aliphatic heterocycles. The van der Waals surface area contributed by atoms with Crippen molar-refractivity contribution in [2.45, 2.75) is 19.3 Å². The summed E-state index contributed by atoms with van der Waals surface area (Å²) in [6.07, 6.45) is 0.988. The molecule has 0 aromatic carbocycles. The van der Waals surface area contributed by atoms with Crippen LogP contribution >= 0.6 is 0 Å². The van der Waals surface area contributed by atoms with Crippen LogP contribution in [0.15, 0.2) is 0 Å². The number of anilines is 1. The Balaban J connectivity index is 2.74. The van der Waals surface area contributed by atoms with Gasteiger partial charge in [0.1, 0.15) is 17.5 Å². The van der Waals surface area contributed by atoms with E-state index in [1.54, 1.807) is 7.05 Å². The predicted octanol–water partition coefficient (Wildman–Crippen LogP) is 0.281. The number of nitrogens with two attached hydrogens (primary N) is 1. The van der Waals surface area contributed by atoms with Crippen molar-refractivity contribution in [1.29, 1.82) is 5.26 Å². The Hall–Kier alpha value is -2.03. The first-order valence-electron chi connectivity index (χ1n) is 4.49. The van der Waals surface area contributed by atoms with Crippen LogP contribution in [-0.2, 0) is 18.3 Å². The minimum atomic E-state index is -0.850. The summed E-state index contributed by atoms with van der Waals surface area (Å²) in [4.78, 5) is 10.3. The smallest absolute Gasteiger partial charge is 0.303 e. The van der Waals surface area contributed by atoms with E-state index in [2.05, 4.69) is 5.10 Å². The van der Waals surface area contributed by atoms with E-state index in [1.165, 1.54) is 4.68 Å². The van der Waals surface area contributed by atoms with Gasteiger partial charge in [0.15, 0.2) is 0 Å². The van der Waals surface area contributed by atoms with Crippen LogP contribution in [0.1, 0.15) is 24.1 Å². The Labute approximate surface area is 86.9 Å². The van der Waals surface area contributed by atoms with Crippen LogP contribution in [0.3, 0.4) is 0 Å². The third-order valence-corrected chi connectivity index (χ3v) is 2.08. The summed E-state index contributed by atoms with van der Waals surface area (Å²) < 4.78 is 1.43. The molecule has 0 saturated carbocycles. The number of aryl methyl sites for hydroxylation is 2. The molecule has 0 unspecified atom stereocenters. The number of aromatic nitrogens is 2. The first kappa shape index (κ1) is 11.0. The third kappa shape index (κ3) is 2.47. The minimum absolute atomic E-state index is 0.0708. The molecule has 6 heteroatoms. The van der Waals surface area contributed by atoms with Gasteiger partial charge in [0.2, 0.25) is 0 Å². The van der Waals surface area contributed by atoms with Gasteiger partial charge < -0.3 is 10.8 Å². The highest BCUT2D eigenvalue weighted by Gasteiger charge is 2.13. The molecule has 0 spiro atoms. The average Bonchev–Trinajstić information content (AvgIpc) is 2.42. The van der Waals surface area contributed by atoms with Crippen LogP contribution < -0.4 is 5.73 Å². The number of nitriles is 1. The minimum Gasteiger partial charge on any atom is -0.481 e. The molecule has 80 valence electrons. The molecule has 0 fully saturated rings. The number of carboxylic acid groups (broad SMARTS) is 1. The SMILES string of the molecule is Cn1nc(CCCC(=O)O)c(C#N)c1N. The summed E-state index contributed by atoms with van der Waals surface area (Å²) >= 11 is 0. The van der Waals surface area contributed by atoms with Crippen molar-refractivity contribution in [3.05, 3.63) is 11.3 Å². The zero-order valence-corrected chi connectivity index (χ0v) is 8.40. The van der Waals surface area contributed by atoms with Crippen LogP contribution in [0.4, 0.5) is 5.82 Å². The molecule has 0 aliphatic carbocycles. The lowest BCUT2D eigenvalue weighted by molar-refractivity contribution is -0.137. The van der Waals surface area contributed by atoms with Gasteiger partial charge in [-0.15, -0.1) is 0 Å². The van der Waals surface area contributed by atoms with E-state index >= 15 is 0 Å². The van der Waals surface area contributed by atoms with Crippen molar-refractivity contribution < 1.29 is 9.90 Å². The van der Waals surface area contributed by atoms with Gasteiger partial charge in [-0.2, -0.15) is 10.4 Å². The normalized spacial score (nSPS) is 9.87. The van der Waals surface area contributed by atoms with Crippen LogP contribution in [-0.4, -0.2) is 20.9 Å². The van der Waals surface area contributed by atoms with Gasteiger partial charge >= 0.3 is 5.97 Å². The van der Waals surface area contributed by atoms with Crippen LogP contribution in [0.5, 0.6) is 0 Å². The molecular weight excluding hydrogens is 196 g/mol. The van der Waals surface area contributed by atoms with Crippen molar-refractivity contribution in [1.82, 2.24) is 9.78 Å². The van der Waals surface area contributed by atoms with Crippen LogP contribution in [0.25, 0.3) is 0 Å². The molecule has 0 bridgehead atoms. The van der Waals surface area contributed by atoms with Gasteiger partial charge in [-0.25, -0.2) is 0 Å². The highest BCUT2D eigenvalue weighted by molar-refractivity contribution is 5.66. The largest absolute Gasteiger partial charge is 0.481 e. The first-order chi connectivity index (χ1) is 7.06. The Morgan fingerprint density at radius 2 is 2.40 bits per heavy atom. The second kappa shape index (κ2) is 4.46. The maximum absolute atomic E-state index is 10.3. The van der Waals surface area contributed by atoms with Gasteiger partial charge in [-0.05, 0) is 12.8 Å². The molecule has 0 aliphatic rings. The maximum atomic E-state index is 10.3.